The number of rotatable bonds is 3. The first-order valence-corrected chi connectivity index (χ1v) is 7.68. The average Bonchev–Trinajstić information content (AvgIpc) is 2.03. The first-order chi connectivity index (χ1) is 5.29. The maximum absolute atomic E-state index is 5.72. The molecule has 0 N–H and O–H groups in total. The molecule has 0 aliphatic heterocycles. The SMILES string of the molecule is C[SiH](C)OCC1CCCCC1. The van der Waals surface area contributed by atoms with E-state index in [1.54, 1.807) is 0 Å². The van der Waals surface area contributed by atoms with Crippen molar-refractivity contribution in [3.8, 4) is 0 Å². The van der Waals surface area contributed by atoms with E-state index in [0.29, 0.717) is 0 Å². The third-order valence-electron chi connectivity index (χ3n) is 2.39. The third kappa shape index (κ3) is 3.92. The molecule has 0 amide bonds. The van der Waals surface area contributed by atoms with Crippen LogP contribution in [0.25, 0.3) is 0 Å². The van der Waals surface area contributed by atoms with Gasteiger partial charge in [0.2, 0.25) is 0 Å². The van der Waals surface area contributed by atoms with Gasteiger partial charge in [-0.1, -0.05) is 19.3 Å². The van der Waals surface area contributed by atoms with Gasteiger partial charge in [0.15, 0.2) is 9.04 Å². The molecule has 0 atom stereocenters. The van der Waals surface area contributed by atoms with Crippen molar-refractivity contribution >= 4 is 9.04 Å². The summed E-state index contributed by atoms with van der Waals surface area (Å²) in [7, 11) is -0.741. The summed E-state index contributed by atoms with van der Waals surface area (Å²) in [6.45, 7) is 5.57. The fourth-order valence-corrected chi connectivity index (χ4v) is 2.34. The van der Waals surface area contributed by atoms with Gasteiger partial charge in [0.25, 0.3) is 0 Å². The summed E-state index contributed by atoms with van der Waals surface area (Å²) in [5.74, 6) is 0.902. The molecule has 0 radical (unpaired) electrons. The smallest absolute Gasteiger partial charge is 0.170 e. The molecule has 0 unspecified atom stereocenters. The maximum Gasteiger partial charge on any atom is 0.170 e. The van der Waals surface area contributed by atoms with Crippen LogP contribution >= 0.6 is 0 Å². The molecule has 0 bridgehead atoms. The van der Waals surface area contributed by atoms with Crippen LogP contribution in [0.5, 0.6) is 0 Å². The van der Waals surface area contributed by atoms with Gasteiger partial charge in [0.05, 0.1) is 0 Å². The summed E-state index contributed by atoms with van der Waals surface area (Å²) in [4.78, 5) is 0. The van der Waals surface area contributed by atoms with E-state index >= 15 is 0 Å². The molecular weight excluding hydrogens is 152 g/mol. The highest BCUT2D eigenvalue weighted by molar-refractivity contribution is 6.48. The molecule has 2 heteroatoms. The van der Waals surface area contributed by atoms with E-state index in [2.05, 4.69) is 13.1 Å². The Bertz CT molecular complexity index is 97.7. The van der Waals surface area contributed by atoms with Crippen LogP contribution in [0, 0.1) is 5.92 Å². The lowest BCUT2D eigenvalue weighted by atomic mass is 9.90. The Morgan fingerprint density at radius 2 is 1.82 bits per heavy atom. The maximum atomic E-state index is 5.72. The van der Waals surface area contributed by atoms with E-state index < -0.39 is 9.04 Å². The van der Waals surface area contributed by atoms with Crippen molar-refractivity contribution in [2.75, 3.05) is 6.61 Å². The lowest BCUT2D eigenvalue weighted by Crippen LogP contribution is -2.18. The van der Waals surface area contributed by atoms with Crippen molar-refractivity contribution in [1.29, 1.82) is 0 Å². The zero-order chi connectivity index (χ0) is 8.10. The van der Waals surface area contributed by atoms with Crippen LogP contribution in [0.15, 0.2) is 0 Å². The Hall–Kier alpha value is 0.177. The van der Waals surface area contributed by atoms with Crippen LogP contribution in [0.1, 0.15) is 32.1 Å². The zero-order valence-corrected chi connectivity index (χ0v) is 8.96. The lowest BCUT2D eigenvalue weighted by Gasteiger charge is -2.22. The van der Waals surface area contributed by atoms with Crippen LogP contribution in [0.4, 0.5) is 0 Å². The summed E-state index contributed by atoms with van der Waals surface area (Å²) in [6, 6.07) is 0. The summed E-state index contributed by atoms with van der Waals surface area (Å²) < 4.78 is 5.72. The summed E-state index contributed by atoms with van der Waals surface area (Å²) in [5.41, 5.74) is 0. The fourth-order valence-electron chi connectivity index (χ4n) is 1.68. The molecule has 1 nitrogen and oxygen atoms in total. The van der Waals surface area contributed by atoms with Crippen LogP contribution in [-0.4, -0.2) is 15.6 Å². The predicted octanol–water partition coefficient (Wildman–Crippen LogP) is 2.57. The second-order valence-corrected chi connectivity index (χ2v) is 6.32. The molecule has 0 aromatic heterocycles. The molecule has 1 fully saturated rings. The van der Waals surface area contributed by atoms with Crippen LogP contribution in [0.3, 0.4) is 0 Å². The van der Waals surface area contributed by atoms with Crippen molar-refractivity contribution in [3.63, 3.8) is 0 Å². The number of hydrogen-bond donors (Lipinski definition) is 0. The predicted molar refractivity (Wildman–Crippen MR) is 51.4 cm³/mol. The molecule has 0 aromatic carbocycles. The van der Waals surface area contributed by atoms with Gasteiger partial charge >= 0.3 is 0 Å². The largest absolute Gasteiger partial charge is 0.420 e. The van der Waals surface area contributed by atoms with Crippen molar-refractivity contribution in [2.24, 2.45) is 5.92 Å². The monoisotopic (exact) mass is 172 g/mol. The highest BCUT2D eigenvalue weighted by Gasteiger charge is 2.13. The topological polar surface area (TPSA) is 9.23 Å². The van der Waals surface area contributed by atoms with E-state index in [1.807, 2.05) is 0 Å². The lowest BCUT2D eigenvalue weighted by molar-refractivity contribution is 0.211. The van der Waals surface area contributed by atoms with Crippen LogP contribution in [0.2, 0.25) is 13.1 Å². The quantitative estimate of drug-likeness (QED) is 0.595. The standard InChI is InChI=1S/C9H20OSi/c1-11(2)10-8-9-6-4-3-5-7-9/h9,11H,3-8H2,1-2H3. The Labute approximate surface area is 71.9 Å². The van der Waals surface area contributed by atoms with Gasteiger partial charge < -0.3 is 4.43 Å². The molecule has 66 valence electrons. The molecule has 0 heterocycles. The Morgan fingerprint density at radius 3 is 2.36 bits per heavy atom. The summed E-state index contributed by atoms with van der Waals surface area (Å²) in [5, 5.41) is 0. The average molecular weight is 172 g/mol. The van der Waals surface area contributed by atoms with E-state index in [9.17, 15) is 0 Å². The van der Waals surface area contributed by atoms with Gasteiger partial charge in [-0.15, -0.1) is 0 Å². The van der Waals surface area contributed by atoms with Crippen LogP contribution < -0.4 is 0 Å². The highest BCUT2D eigenvalue weighted by Crippen LogP contribution is 2.23. The Kier molecular flexibility index (Phi) is 4.16. The molecule has 1 aliphatic carbocycles. The van der Waals surface area contributed by atoms with Crippen molar-refractivity contribution in [1.82, 2.24) is 0 Å². The Morgan fingerprint density at radius 1 is 1.18 bits per heavy atom. The Balaban J connectivity index is 2.05. The third-order valence-corrected chi connectivity index (χ3v) is 3.25. The molecule has 1 rings (SSSR count). The summed E-state index contributed by atoms with van der Waals surface area (Å²) >= 11 is 0. The first-order valence-electron chi connectivity index (χ1n) is 4.90. The van der Waals surface area contributed by atoms with Gasteiger partial charge in [-0.3, -0.25) is 0 Å². The normalized spacial score (nSPS) is 21.0. The van der Waals surface area contributed by atoms with E-state index in [-0.39, 0.29) is 0 Å². The molecule has 0 aromatic rings. The minimum Gasteiger partial charge on any atom is -0.420 e. The van der Waals surface area contributed by atoms with Gasteiger partial charge in [-0.2, -0.15) is 0 Å². The van der Waals surface area contributed by atoms with Crippen molar-refractivity contribution < 1.29 is 4.43 Å². The zero-order valence-electron chi connectivity index (χ0n) is 7.81. The van der Waals surface area contributed by atoms with Crippen LogP contribution in [-0.2, 0) is 4.43 Å². The molecular formula is C9H20OSi. The molecule has 0 spiro atoms. The molecule has 1 aliphatic rings. The van der Waals surface area contributed by atoms with E-state index in [0.717, 1.165) is 12.5 Å². The fraction of sp³-hybridized carbons (Fsp3) is 1.00. The van der Waals surface area contributed by atoms with Gasteiger partial charge in [0, 0.05) is 6.61 Å². The molecule has 1 saturated carbocycles. The van der Waals surface area contributed by atoms with E-state index in [4.69, 9.17) is 4.43 Å². The van der Waals surface area contributed by atoms with Gasteiger partial charge in [0.1, 0.15) is 0 Å². The second-order valence-electron chi connectivity index (χ2n) is 3.89. The highest BCUT2D eigenvalue weighted by atomic mass is 28.3. The van der Waals surface area contributed by atoms with Crippen molar-refractivity contribution in [2.45, 2.75) is 45.2 Å². The molecule has 11 heavy (non-hydrogen) atoms. The van der Waals surface area contributed by atoms with E-state index in [1.165, 1.54) is 32.1 Å². The van der Waals surface area contributed by atoms with Crippen molar-refractivity contribution in [3.05, 3.63) is 0 Å². The minimum absolute atomic E-state index is 0.741. The summed E-state index contributed by atoms with van der Waals surface area (Å²) in [6.07, 6.45) is 7.17. The minimum atomic E-state index is -0.741. The number of hydrogen-bond acceptors (Lipinski definition) is 1. The molecule has 0 saturated heterocycles. The van der Waals surface area contributed by atoms with Gasteiger partial charge in [-0.25, -0.2) is 0 Å². The second kappa shape index (κ2) is 4.94. The first kappa shape index (κ1) is 9.27. The van der Waals surface area contributed by atoms with Gasteiger partial charge in [-0.05, 0) is 31.9 Å².